The van der Waals surface area contributed by atoms with Gasteiger partial charge in [-0.05, 0) is 29.8 Å². The van der Waals surface area contributed by atoms with Crippen molar-refractivity contribution in [2.75, 3.05) is 25.0 Å². The molecule has 1 aliphatic rings. The third-order valence-electron chi connectivity index (χ3n) is 3.64. The lowest BCUT2D eigenvalue weighted by Gasteiger charge is -2.24. The molecule has 23 heavy (non-hydrogen) atoms. The number of anilines is 1. The molecule has 1 atom stereocenters. The number of carbonyl (C=O) groups is 1. The van der Waals surface area contributed by atoms with E-state index in [1.807, 2.05) is 6.07 Å². The van der Waals surface area contributed by atoms with E-state index < -0.39 is 0 Å². The normalized spacial score (nSPS) is 17.3. The summed E-state index contributed by atoms with van der Waals surface area (Å²) in [5, 5.41) is 15.4. The summed E-state index contributed by atoms with van der Waals surface area (Å²) in [7, 11) is 0. The Morgan fingerprint density at radius 2 is 2.35 bits per heavy atom. The van der Waals surface area contributed by atoms with Crippen LogP contribution in [0.1, 0.15) is 27.6 Å². The minimum absolute atomic E-state index is 0.0704. The number of ether oxygens (including phenoxy) is 1. The average molecular weight is 308 g/mol. The fourth-order valence-electron chi connectivity index (χ4n) is 2.43. The van der Waals surface area contributed by atoms with Gasteiger partial charge in [-0.1, -0.05) is 6.07 Å². The van der Waals surface area contributed by atoms with Crippen molar-refractivity contribution in [3.63, 3.8) is 0 Å². The number of morpholine rings is 1. The van der Waals surface area contributed by atoms with Crippen molar-refractivity contribution in [1.29, 1.82) is 5.26 Å². The molecule has 1 aromatic carbocycles. The summed E-state index contributed by atoms with van der Waals surface area (Å²) < 4.78 is 5.69. The molecule has 0 unspecified atom stereocenters. The van der Waals surface area contributed by atoms with Gasteiger partial charge in [0, 0.05) is 25.5 Å². The maximum absolute atomic E-state index is 12.2. The average Bonchev–Trinajstić information content (AvgIpc) is 2.63. The highest BCUT2D eigenvalue weighted by atomic mass is 16.5. The van der Waals surface area contributed by atoms with Crippen molar-refractivity contribution in [3.05, 3.63) is 59.4 Å². The van der Waals surface area contributed by atoms with Crippen molar-refractivity contribution in [1.82, 2.24) is 10.3 Å². The van der Waals surface area contributed by atoms with Crippen LogP contribution in [0.25, 0.3) is 0 Å². The molecule has 0 saturated carbocycles. The fraction of sp³-hybridized carbons (Fsp3) is 0.235. The number of nitrogens with one attached hydrogen (secondary N) is 2. The van der Waals surface area contributed by atoms with Gasteiger partial charge in [-0.3, -0.25) is 9.78 Å². The van der Waals surface area contributed by atoms with Crippen LogP contribution in [0.4, 0.5) is 5.69 Å². The number of hydrogen-bond donors (Lipinski definition) is 2. The molecule has 1 saturated heterocycles. The van der Waals surface area contributed by atoms with Crippen molar-refractivity contribution in [3.8, 4) is 6.07 Å². The van der Waals surface area contributed by atoms with E-state index in [4.69, 9.17) is 4.74 Å². The SMILES string of the molecule is N#Cc1cc([C@H]2CNCCO2)ccc1NC(=O)c1cccnc1. The molecule has 1 amide bonds. The van der Waals surface area contributed by atoms with Crippen LogP contribution in [-0.4, -0.2) is 30.6 Å². The van der Waals surface area contributed by atoms with Gasteiger partial charge in [-0.2, -0.15) is 5.26 Å². The predicted octanol–water partition coefficient (Wildman–Crippen LogP) is 1.87. The first-order chi connectivity index (χ1) is 11.3. The second kappa shape index (κ2) is 7.01. The Balaban J connectivity index is 1.80. The number of carbonyl (C=O) groups excluding carboxylic acids is 1. The van der Waals surface area contributed by atoms with Gasteiger partial charge < -0.3 is 15.4 Å². The van der Waals surface area contributed by atoms with Crippen LogP contribution in [0, 0.1) is 11.3 Å². The van der Waals surface area contributed by atoms with E-state index in [0.717, 1.165) is 12.1 Å². The van der Waals surface area contributed by atoms with Crippen molar-refractivity contribution < 1.29 is 9.53 Å². The van der Waals surface area contributed by atoms with Crippen LogP contribution in [-0.2, 0) is 4.74 Å². The number of pyridine rings is 1. The summed E-state index contributed by atoms with van der Waals surface area (Å²) in [6.45, 7) is 2.19. The first-order valence-corrected chi connectivity index (χ1v) is 7.35. The highest BCUT2D eigenvalue weighted by Gasteiger charge is 2.17. The number of benzene rings is 1. The lowest BCUT2D eigenvalue weighted by molar-refractivity contribution is 0.0277. The summed E-state index contributed by atoms with van der Waals surface area (Å²) in [5.41, 5.74) is 2.26. The van der Waals surface area contributed by atoms with Gasteiger partial charge in [0.25, 0.3) is 5.91 Å². The fourth-order valence-corrected chi connectivity index (χ4v) is 2.43. The first-order valence-electron chi connectivity index (χ1n) is 7.35. The third kappa shape index (κ3) is 3.54. The Bertz CT molecular complexity index is 734. The number of rotatable bonds is 3. The van der Waals surface area contributed by atoms with Crippen LogP contribution < -0.4 is 10.6 Å². The summed E-state index contributed by atoms with van der Waals surface area (Å²) in [4.78, 5) is 16.1. The predicted molar refractivity (Wildman–Crippen MR) is 84.9 cm³/mol. The molecule has 0 bridgehead atoms. The first kappa shape index (κ1) is 15.2. The largest absolute Gasteiger partial charge is 0.371 e. The second-order valence-electron chi connectivity index (χ2n) is 5.18. The highest BCUT2D eigenvalue weighted by molar-refractivity contribution is 6.04. The second-order valence-corrected chi connectivity index (χ2v) is 5.18. The Morgan fingerprint density at radius 3 is 3.04 bits per heavy atom. The smallest absolute Gasteiger partial charge is 0.257 e. The molecule has 2 heterocycles. The Kier molecular flexibility index (Phi) is 4.62. The van der Waals surface area contributed by atoms with Gasteiger partial charge in [0.2, 0.25) is 0 Å². The molecule has 0 aliphatic carbocycles. The van der Waals surface area contributed by atoms with Crippen molar-refractivity contribution in [2.24, 2.45) is 0 Å². The molecule has 1 aromatic heterocycles. The number of hydrogen-bond acceptors (Lipinski definition) is 5. The van der Waals surface area contributed by atoms with Gasteiger partial charge >= 0.3 is 0 Å². The van der Waals surface area contributed by atoms with Gasteiger partial charge in [0.15, 0.2) is 0 Å². The highest BCUT2D eigenvalue weighted by Crippen LogP contribution is 2.24. The summed E-state index contributed by atoms with van der Waals surface area (Å²) in [5.74, 6) is -0.294. The van der Waals surface area contributed by atoms with Crippen molar-refractivity contribution in [2.45, 2.75) is 6.10 Å². The minimum Gasteiger partial charge on any atom is -0.371 e. The Labute approximate surface area is 134 Å². The molecular weight excluding hydrogens is 292 g/mol. The van der Waals surface area contributed by atoms with Gasteiger partial charge in [-0.25, -0.2) is 0 Å². The van der Waals surface area contributed by atoms with Gasteiger partial charge in [-0.15, -0.1) is 0 Å². The van der Waals surface area contributed by atoms with E-state index in [9.17, 15) is 10.1 Å². The maximum atomic E-state index is 12.2. The van der Waals surface area contributed by atoms with E-state index >= 15 is 0 Å². The zero-order valence-electron chi connectivity index (χ0n) is 12.5. The van der Waals surface area contributed by atoms with E-state index in [2.05, 4.69) is 21.7 Å². The number of nitrogens with zero attached hydrogens (tertiary/aromatic N) is 2. The number of aromatic nitrogens is 1. The van der Waals surface area contributed by atoms with E-state index in [1.54, 1.807) is 30.5 Å². The monoisotopic (exact) mass is 308 g/mol. The molecular formula is C17H16N4O2. The molecule has 2 aromatic rings. The molecule has 116 valence electrons. The van der Waals surface area contributed by atoms with E-state index in [-0.39, 0.29) is 12.0 Å². The number of nitriles is 1. The lowest BCUT2D eigenvalue weighted by atomic mass is 10.0. The maximum Gasteiger partial charge on any atom is 0.257 e. The van der Waals surface area contributed by atoms with Gasteiger partial charge in [0.1, 0.15) is 6.07 Å². The summed E-state index contributed by atoms with van der Waals surface area (Å²) in [6, 6.07) is 10.9. The van der Waals surface area contributed by atoms with Crippen LogP contribution in [0.2, 0.25) is 0 Å². The molecule has 0 spiro atoms. The zero-order chi connectivity index (χ0) is 16.1. The molecule has 2 N–H and O–H groups in total. The van der Waals surface area contributed by atoms with E-state index in [0.29, 0.717) is 30.0 Å². The zero-order valence-corrected chi connectivity index (χ0v) is 12.5. The van der Waals surface area contributed by atoms with E-state index in [1.165, 1.54) is 6.20 Å². The lowest BCUT2D eigenvalue weighted by Crippen LogP contribution is -2.33. The minimum atomic E-state index is -0.294. The molecule has 1 aliphatic heterocycles. The topological polar surface area (TPSA) is 87.0 Å². The van der Waals surface area contributed by atoms with Gasteiger partial charge in [0.05, 0.1) is 29.5 Å². The Hall–Kier alpha value is -2.75. The number of amides is 1. The van der Waals surface area contributed by atoms with Crippen LogP contribution >= 0.6 is 0 Å². The third-order valence-corrected chi connectivity index (χ3v) is 3.64. The molecule has 6 heteroatoms. The standard InChI is InChI=1S/C17H16N4O2/c18-9-14-8-12(16-11-20-6-7-23-16)3-4-15(14)21-17(22)13-2-1-5-19-10-13/h1-5,8,10,16,20H,6-7,11H2,(H,21,22)/t16-/m1/s1. The Morgan fingerprint density at radius 1 is 1.43 bits per heavy atom. The molecule has 3 rings (SSSR count). The van der Waals surface area contributed by atoms with Crippen LogP contribution in [0.15, 0.2) is 42.7 Å². The van der Waals surface area contributed by atoms with Crippen LogP contribution in [0.5, 0.6) is 0 Å². The summed E-state index contributed by atoms with van der Waals surface area (Å²) >= 11 is 0. The summed E-state index contributed by atoms with van der Waals surface area (Å²) in [6.07, 6.45) is 3.01. The molecule has 1 fully saturated rings. The molecule has 6 nitrogen and oxygen atoms in total. The molecule has 0 radical (unpaired) electrons. The quantitative estimate of drug-likeness (QED) is 0.904. The van der Waals surface area contributed by atoms with Crippen LogP contribution in [0.3, 0.4) is 0 Å². The van der Waals surface area contributed by atoms with Crippen molar-refractivity contribution >= 4 is 11.6 Å².